The van der Waals surface area contributed by atoms with Crippen molar-refractivity contribution in [2.75, 3.05) is 6.61 Å². The van der Waals surface area contributed by atoms with Crippen molar-refractivity contribution < 1.29 is 14.6 Å². The molecule has 0 fully saturated rings. The Morgan fingerprint density at radius 3 is 3.13 bits per heavy atom. The molecule has 1 unspecified atom stereocenters. The number of rotatable bonds is 2. The highest BCUT2D eigenvalue weighted by Crippen LogP contribution is 2.30. The molecular weight excluding hydrogens is 260 g/mol. The van der Waals surface area contributed by atoms with Crippen LogP contribution in [0, 0.1) is 5.92 Å². The molecule has 1 aliphatic rings. The molecule has 1 heterocycles. The maximum atomic E-state index is 10.6. The van der Waals surface area contributed by atoms with Gasteiger partial charge in [0.15, 0.2) is 0 Å². The minimum absolute atomic E-state index is 0.0873. The van der Waals surface area contributed by atoms with Crippen LogP contribution in [-0.2, 0) is 11.2 Å². The highest BCUT2D eigenvalue weighted by molar-refractivity contribution is 9.10. The zero-order valence-electron chi connectivity index (χ0n) is 8.07. The van der Waals surface area contributed by atoms with E-state index in [-0.39, 0.29) is 12.3 Å². The summed E-state index contributed by atoms with van der Waals surface area (Å²) < 4.78 is 6.51. The number of aliphatic carboxylic acids is 1. The Balaban J connectivity index is 2.14. The molecule has 0 saturated carbocycles. The number of carbonyl (C=O) groups is 1. The fraction of sp³-hybridized carbons (Fsp3) is 0.364. The molecule has 0 aliphatic carbocycles. The van der Waals surface area contributed by atoms with Crippen molar-refractivity contribution >= 4 is 21.9 Å². The van der Waals surface area contributed by atoms with Crippen LogP contribution < -0.4 is 4.74 Å². The van der Waals surface area contributed by atoms with E-state index in [4.69, 9.17) is 9.84 Å². The van der Waals surface area contributed by atoms with E-state index in [9.17, 15) is 4.79 Å². The molecule has 1 aromatic rings. The van der Waals surface area contributed by atoms with Crippen LogP contribution in [0.1, 0.15) is 12.0 Å². The molecule has 1 aromatic carbocycles. The molecular formula is C11H11BrO3. The zero-order valence-corrected chi connectivity index (χ0v) is 9.66. The second-order valence-electron chi connectivity index (χ2n) is 3.73. The first kappa shape index (κ1) is 10.5. The second-order valence-corrected chi connectivity index (χ2v) is 4.65. The van der Waals surface area contributed by atoms with E-state index in [0.717, 1.165) is 22.2 Å². The lowest BCUT2D eigenvalue weighted by molar-refractivity contribution is -0.138. The fourth-order valence-electron chi connectivity index (χ4n) is 1.80. The molecule has 3 nitrogen and oxygen atoms in total. The smallest absolute Gasteiger partial charge is 0.303 e. The Morgan fingerprint density at radius 2 is 2.40 bits per heavy atom. The molecule has 1 N–H and O–H groups in total. The summed E-state index contributed by atoms with van der Waals surface area (Å²) in [5.41, 5.74) is 1.09. The summed E-state index contributed by atoms with van der Waals surface area (Å²) >= 11 is 3.39. The van der Waals surface area contributed by atoms with Gasteiger partial charge in [-0.05, 0) is 30.2 Å². The first-order valence-electron chi connectivity index (χ1n) is 4.78. The van der Waals surface area contributed by atoms with Gasteiger partial charge in [0.05, 0.1) is 13.0 Å². The minimum Gasteiger partial charge on any atom is -0.493 e. The summed E-state index contributed by atoms with van der Waals surface area (Å²) in [5.74, 6) is 0.200. The molecule has 0 spiro atoms. The van der Waals surface area contributed by atoms with Crippen LogP contribution in [-0.4, -0.2) is 17.7 Å². The second kappa shape index (κ2) is 4.23. The van der Waals surface area contributed by atoms with Crippen LogP contribution in [0.5, 0.6) is 5.75 Å². The summed E-state index contributed by atoms with van der Waals surface area (Å²) in [7, 11) is 0. The quantitative estimate of drug-likeness (QED) is 0.898. The predicted octanol–water partition coefficient (Wildman–Crippen LogP) is 2.47. The molecule has 0 bridgehead atoms. The predicted molar refractivity (Wildman–Crippen MR) is 59.1 cm³/mol. The monoisotopic (exact) mass is 270 g/mol. The average molecular weight is 271 g/mol. The molecule has 0 aromatic heterocycles. The molecule has 80 valence electrons. The van der Waals surface area contributed by atoms with Gasteiger partial charge in [0, 0.05) is 10.4 Å². The molecule has 1 atom stereocenters. The van der Waals surface area contributed by atoms with Crippen molar-refractivity contribution in [3.63, 3.8) is 0 Å². The van der Waals surface area contributed by atoms with E-state index in [1.807, 2.05) is 18.2 Å². The number of hydrogen-bond donors (Lipinski definition) is 1. The Kier molecular flexibility index (Phi) is 2.95. The lowest BCUT2D eigenvalue weighted by Gasteiger charge is -2.24. The van der Waals surface area contributed by atoms with Gasteiger partial charge in [0.2, 0.25) is 0 Å². The number of ether oxygens (including phenoxy) is 1. The van der Waals surface area contributed by atoms with Gasteiger partial charge < -0.3 is 9.84 Å². The minimum atomic E-state index is -0.762. The molecule has 0 saturated heterocycles. The molecule has 4 heteroatoms. The summed E-state index contributed by atoms with van der Waals surface area (Å²) in [6, 6.07) is 5.83. The van der Waals surface area contributed by atoms with Crippen LogP contribution in [0.15, 0.2) is 22.7 Å². The molecule has 0 amide bonds. The summed E-state index contributed by atoms with van der Waals surface area (Å²) in [6.45, 7) is 0.501. The van der Waals surface area contributed by atoms with Crippen molar-refractivity contribution in [3.05, 3.63) is 28.2 Å². The van der Waals surface area contributed by atoms with Gasteiger partial charge >= 0.3 is 5.97 Å². The van der Waals surface area contributed by atoms with Gasteiger partial charge in [-0.3, -0.25) is 4.79 Å². The van der Waals surface area contributed by atoms with E-state index in [0.29, 0.717) is 6.61 Å². The summed E-state index contributed by atoms with van der Waals surface area (Å²) in [5, 5.41) is 8.70. The van der Waals surface area contributed by atoms with Crippen molar-refractivity contribution in [2.45, 2.75) is 12.8 Å². The Bertz CT molecular complexity index is 389. The molecule has 15 heavy (non-hydrogen) atoms. The van der Waals surface area contributed by atoms with Gasteiger partial charge in [-0.25, -0.2) is 0 Å². The van der Waals surface area contributed by atoms with E-state index in [1.165, 1.54) is 0 Å². The lowest BCUT2D eigenvalue weighted by Crippen LogP contribution is -2.23. The largest absolute Gasteiger partial charge is 0.493 e. The van der Waals surface area contributed by atoms with Crippen LogP contribution in [0.2, 0.25) is 0 Å². The number of carboxylic acids is 1. The van der Waals surface area contributed by atoms with Gasteiger partial charge in [-0.15, -0.1) is 0 Å². The maximum Gasteiger partial charge on any atom is 0.303 e. The topological polar surface area (TPSA) is 46.5 Å². The number of benzene rings is 1. The third-order valence-electron chi connectivity index (χ3n) is 2.47. The van der Waals surface area contributed by atoms with Gasteiger partial charge in [-0.1, -0.05) is 15.9 Å². The Morgan fingerprint density at radius 1 is 1.60 bits per heavy atom. The van der Waals surface area contributed by atoms with E-state index >= 15 is 0 Å². The molecule has 2 rings (SSSR count). The summed E-state index contributed by atoms with van der Waals surface area (Å²) in [6.07, 6.45) is 0.951. The van der Waals surface area contributed by atoms with Gasteiger partial charge in [0.25, 0.3) is 0 Å². The van der Waals surface area contributed by atoms with E-state index in [1.54, 1.807) is 0 Å². The Labute approximate surface area is 96.2 Å². The summed E-state index contributed by atoms with van der Waals surface area (Å²) in [4.78, 5) is 10.6. The maximum absolute atomic E-state index is 10.6. The lowest BCUT2D eigenvalue weighted by atomic mass is 9.94. The number of fused-ring (bicyclic) bond motifs is 1. The third-order valence-corrected chi connectivity index (χ3v) is 2.96. The first-order valence-corrected chi connectivity index (χ1v) is 5.57. The standard InChI is InChI=1S/C11H11BrO3/c12-9-1-2-10-8(5-9)3-7(6-15-10)4-11(13)14/h1-2,5,7H,3-4,6H2,(H,13,14). The van der Waals surface area contributed by atoms with Crippen molar-refractivity contribution in [2.24, 2.45) is 5.92 Å². The third kappa shape index (κ3) is 2.50. The van der Waals surface area contributed by atoms with Crippen LogP contribution in [0.4, 0.5) is 0 Å². The highest BCUT2D eigenvalue weighted by Gasteiger charge is 2.21. The van der Waals surface area contributed by atoms with Crippen molar-refractivity contribution in [3.8, 4) is 5.75 Å². The normalized spacial score (nSPS) is 19.1. The SMILES string of the molecule is O=C(O)CC1COc2ccc(Br)cc2C1. The van der Waals surface area contributed by atoms with Crippen LogP contribution >= 0.6 is 15.9 Å². The van der Waals surface area contributed by atoms with Crippen molar-refractivity contribution in [1.29, 1.82) is 0 Å². The number of carboxylic acid groups (broad SMARTS) is 1. The zero-order chi connectivity index (χ0) is 10.8. The number of hydrogen-bond acceptors (Lipinski definition) is 2. The molecule has 1 aliphatic heterocycles. The van der Waals surface area contributed by atoms with Crippen molar-refractivity contribution in [1.82, 2.24) is 0 Å². The fourth-order valence-corrected chi connectivity index (χ4v) is 2.21. The highest BCUT2D eigenvalue weighted by atomic mass is 79.9. The molecule has 0 radical (unpaired) electrons. The first-order chi connectivity index (χ1) is 7.15. The van der Waals surface area contributed by atoms with Gasteiger partial charge in [0.1, 0.15) is 5.75 Å². The Hall–Kier alpha value is -1.03. The average Bonchev–Trinajstić information content (AvgIpc) is 2.16. The van der Waals surface area contributed by atoms with E-state index < -0.39 is 5.97 Å². The van der Waals surface area contributed by atoms with Gasteiger partial charge in [-0.2, -0.15) is 0 Å². The van der Waals surface area contributed by atoms with E-state index in [2.05, 4.69) is 15.9 Å². The number of halogens is 1. The van der Waals surface area contributed by atoms with Crippen LogP contribution in [0.25, 0.3) is 0 Å². The van der Waals surface area contributed by atoms with Crippen LogP contribution in [0.3, 0.4) is 0 Å².